The Morgan fingerprint density at radius 2 is 2.38 bits per heavy atom. The van der Waals surface area contributed by atoms with E-state index in [0.717, 1.165) is 11.2 Å². The van der Waals surface area contributed by atoms with Crippen LogP contribution in [-0.4, -0.2) is 27.6 Å². The maximum absolute atomic E-state index is 11.2. The number of nitrogens with one attached hydrogen (secondary N) is 1. The molecule has 0 atom stereocenters. The van der Waals surface area contributed by atoms with E-state index in [-0.39, 0.29) is 12.5 Å². The van der Waals surface area contributed by atoms with Gasteiger partial charge in [0.1, 0.15) is 6.54 Å². The van der Waals surface area contributed by atoms with Gasteiger partial charge in [-0.1, -0.05) is 0 Å². The highest BCUT2D eigenvalue weighted by Gasteiger charge is 2.09. The van der Waals surface area contributed by atoms with Crippen LogP contribution in [0.5, 0.6) is 0 Å². The Bertz CT molecular complexity index is 600. The van der Waals surface area contributed by atoms with E-state index in [1.54, 1.807) is 4.57 Å². The second kappa shape index (κ2) is 4.05. The van der Waals surface area contributed by atoms with Gasteiger partial charge in [-0.25, -0.2) is 4.98 Å². The third-order valence-electron chi connectivity index (χ3n) is 2.27. The molecule has 1 N–H and O–H groups in total. The van der Waals surface area contributed by atoms with Crippen LogP contribution >= 0.6 is 12.2 Å². The lowest BCUT2D eigenvalue weighted by molar-refractivity contribution is -0.141. The number of ether oxygens (including phenoxy) is 1. The fourth-order valence-electron chi connectivity index (χ4n) is 1.47. The summed E-state index contributed by atoms with van der Waals surface area (Å²) in [5.74, 6) is -0.347. The normalized spacial score (nSPS) is 10.6. The smallest absolute Gasteiger partial charge is 0.325 e. The minimum atomic E-state index is -0.347. The summed E-state index contributed by atoms with van der Waals surface area (Å²) in [6.07, 6.45) is 0. The van der Waals surface area contributed by atoms with Gasteiger partial charge >= 0.3 is 5.97 Å². The van der Waals surface area contributed by atoms with Crippen molar-refractivity contribution in [3.63, 3.8) is 0 Å². The van der Waals surface area contributed by atoms with E-state index in [0.29, 0.717) is 10.4 Å². The first-order chi connectivity index (χ1) is 7.61. The third kappa shape index (κ3) is 1.83. The number of carbonyl (C=O) groups is 1. The number of rotatable bonds is 2. The Morgan fingerprint density at radius 3 is 3.06 bits per heavy atom. The van der Waals surface area contributed by atoms with Crippen molar-refractivity contribution in [3.05, 3.63) is 22.6 Å². The van der Waals surface area contributed by atoms with Gasteiger partial charge in [0.2, 0.25) is 0 Å². The molecule has 0 bridgehead atoms. The van der Waals surface area contributed by atoms with E-state index in [2.05, 4.69) is 14.7 Å². The van der Waals surface area contributed by atoms with E-state index >= 15 is 0 Å². The number of aromatic nitrogens is 3. The zero-order valence-corrected chi connectivity index (χ0v) is 9.80. The molecular formula is C10H11N3O2S. The van der Waals surface area contributed by atoms with Gasteiger partial charge in [0.05, 0.1) is 12.6 Å². The van der Waals surface area contributed by atoms with Crippen LogP contribution in [0.2, 0.25) is 0 Å². The van der Waals surface area contributed by atoms with E-state index < -0.39 is 0 Å². The third-order valence-corrected chi connectivity index (χ3v) is 2.59. The SMILES string of the molecule is COC(=O)Cn1c(=S)[nH]c2ccc(C)nc21. The summed E-state index contributed by atoms with van der Waals surface area (Å²) in [7, 11) is 1.35. The molecule has 84 valence electrons. The fraction of sp³-hybridized carbons (Fsp3) is 0.300. The first kappa shape index (κ1) is 10.8. The fourth-order valence-corrected chi connectivity index (χ4v) is 1.73. The number of esters is 1. The Balaban J connectivity index is 2.58. The van der Waals surface area contributed by atoms with Gasteiger partial charge in [0.15, 0.2) is 10.4 Å². The Kier molecular flexibility index (Phi) is 2.74. The number of fused-ring (bicyclic) bond motifs is 1. The first-order valence-corrected chi connectivity index (χ1v) is 5.15. The summed E-state index contributed by atoms with van der Waals surface area (Å²) in [6.45, 7) is 1.96. The van der Waals surface area contributed by atoms with Crippen molar-refractivity contribution < 1.29 is 9.53 Å². The van der Waals surface area contributed by atoms with Gasteiger partial charge in [-0.2, -0.15) is 0 Å². The van der Waals surface area contributed by atoms with Crippen molar-refractivity contribution in [1.29, 1.82) is 0 Å². The van der Waals surface area contributed by atoms with Gasteiger partial charge in [-0.15, -0.1) is 0 Å². The van der Waals surface area contributed by atoms with Crippen LogP contribution in [0.4, 0.5) is 0 Å². The van der Waals surface area contributed by atoms with Crippen molar-refractivity contribution in [2.24, 2.45) is 0 Å². The molecule has 0 saturated carbocycles. The van der Waals surface area contributed by atoms with E-state index in [9.17, 15) is 4.79 Å². The average molecular weight is 237 g/mol. The number of hydrogen-bond acceptors (Lipinski definition) is 4. The highest BCUT2D eigenvalue weighted by molar-refractivity contribution is 7.71. The lowest BCUT2D eigenvalue weighted by atomic mass is 10.3. The number of hydrogen-bond donors (Lipinski definition) is 1. The summed E-state index contributed by atoms with van der Waals surface area (Å²) in [5, 5.41) is 0. The summed E-state index contributed by atoms with van der Waals surface area (Å²) < 4.78 is 6.71. The molecule has 0 aliphatic rings. The number of aryl methyl sites for hydroxylation is 1. The standard InChI is InChI=1S/C10H11N3O2S/c1-6-3-4-7-9(11-6)13(10(16)12-7)5-8(14)15-2/h3-4H,5H2,1-2H3,(H,12,16). The highest BCUT2D eigenvalue weighted by atomic mass is 32.1. The second-order valence-corrected chi connectivity index (χ2v) is 3.80. The van der Waals surface area contributed by atoms with Crippen LogP contribution < -0.4 is 0 Å². The molecule has 6 heteroatoms. The second-order valence-electron chi connectivity index (χ2n) is 3.42. The lowest BCUT2D eigenvalue weighted by Crippen LogP contribution is -2.12. The summed E-state index contributed by atoms with van der Waals surface area (Å²) in [4.78, 5) is 18.6. The molecular weight excluding hydrogens is 226 g/mol. The van der Waals surface area contributed by atoms with Gasteiger partial charge < -0.3 is 9.72 Å². The van der Waals surface area contributed by atoms with Crippen molar-refractivity contribution in [2.75, 3.05) is 7.11 Å². The molecule has 2 aromatic rings. The van der Waals surface area contributed by atoms with Crippen LogP contribution in [0.25, 0.3) is 11.2 Å². The largest absolute Gasteiger partial charge is 0.468 e. The van der Waals surface area contributed by atoms with Gasteiger partial charge in [-0.3, -0.25) is 9.36 Å². The van der Waals surface area contributed by atoms with E-state index in [1.165, 1.54) is 7.11 Å². The molecule has 2 aromatic heterocycles. The molecule has 0 unspecified atom stereocenters. The molecule has 0 fully saturated rings. The maximum atomic E-state index is 11.2. The molecule has 0 spiro atoms. The van der Waals surface area contributed by atoms with Crippen molar-refractivity contribution in [1.82, 2.24) is 14.5 Å². The Morgan fingerprint density at radius 1 is 1.62 bits per heavy atom. The van der Waals surface area contributed by atoms with Crippen LogP contribution in [-0.2, 0) is 16.1 Å². The van der Waals surface area contributed by atoms with Crippen LogP contribution in [0.1, 0.15) is 5.69 Å². The molecule has 0 aliphatic carbocycles. The summed E-state index contributed by atoms with van der Waals surface area (Å²) in [6, 6.07) is 3.78. The number of aromatic amines is 1. The molecule has 2 rings (SSSR count). The molecule has 0 radical (unpaired) electrons. The summed E-state index contributed by atoms with van der Waals surface area (Å²) >= 11 is 5.12. The minimum Gasteiger partial charge on any atom is -0.468 e. The number of methoxy groups -OCH3 is 1. The van der Waals surface area contributed by atoms with E-state index in [4.69, 9.17) is 12.2 Å². The molecule has 2 heterocycles. The molecule has 0 amide bonds. The molecule has 5 nitrogen and oxygen atoms in total. The quantitative estimate of drug-likeness (QED) is 0.636. The Labute approximate surface area is 97.1 Å². The van der Waals surface area contributed by atoms with Crippen molar-refractivity contribution >= 4 is 29.4 Å². The van der Waals surface area contributed by atoms with Gasteiger partial charge in [0, 0.05) is 5.69 Å². The number of nitrogens with zero attached hydrogens (tertiary/aromatic N) is 2. The molecule has 16 heavy (non-hydrogen) atoms. The predicted octanol–water partition coefficient (Wildman–Crippen LogP) is 1.58. The number of imidazole rings is 1. The zero-order chi connectivity index (χ0) is 11.7. The number of carbonyl (C=O) groups excluding carboxylic acids is 1. The van der Waals surface area contributed by atoms with E-state index in [1.807, 2.05) is 19.1 Å². The lowest BCUT2D eigenvalue weighted by Gasteiger charge is -2.02. The molecule has 0 aliphatic heterocycles. The first-order valence-electron chi connectivity index (χ1n) is 4.75. The monoisotopic (exact) mass is 237 g/mol. The zero-order valence-electron chi connectivity index (χ0n) is 8.98. The Hall–Kier alpha value is -1.69. The van der Waals surface area contributed by atoms with Crippen LogP contribution in [0.15, 0.2) is 12.1 Å². The van der Waals surface area contributed by atoms with Crippen LogP contribution in [0, 0.1) is 11.7 Å². The molecule has 0 aromatic carbocycles. The van der Waals surface area contributed by atoms with Crippen molar-refractivity contribution in [3.8, 4) is 0 Å². The average Bonchev–Trinajstić information content (AvgIpc) is 2.55. The number of pyridine rings is 1. The van der Waals surface area contributed by atoms with Gasteiger partial charge in [-0.05, 0) is 31.3 Å². The van der Waals surface area contributed by atoms with Crippen LogP contribution in [0.3, 0.4) is 0 Å². The predicted molar refractivity (Wildman–Crippen MR) is 61.7 cm³/mol. The van der Waals surface area contributed by atoms with Crippen molar-refractivity contribution in [2.45, 2.75) is 13.5 Å². The number of H-pyrrole nitrogens is 1. The maximum Gasteiger partial charge on any atom is 0.325 e. The molecule has 0 saturated heterocycles. The topological polar surface area (TPSA) is 59.9 Å². The minimum absolute atomic E-state index is 0.0752. The van der Waals surface area contributed by atoms with Gasteiger partial charge in [0.25, 0.3) is 0 Å². The highest BCUT2D eigenvalue weighted by Crippen LogP contribution is 2.12. The summed E-state index contributed by atoms with van der Waals surface area (Å²) in [5.41, 5.74) is 2.37.